The molecular formula is C20H25ClN2O4S. The van der Waals surface area contributed by atoms with Crippen molar-refractivity contribution in [2.75, 3.05) is 25.0 Å². The summed E-state index contributed by atoms with van der Waals surface area (Å²) in [5.74, 6) is 0.217. The van der Waals surface area contributed by atoms with Gasteiger partial charge >= 0.3 is 0 Å². The zero-order valence-electron chi connectivity index (χ0n) is 16.2. The Balaban J connectivity index is 2.14. The van der Waals surface area contributed by atoms with E-state index in [0.717, 1.165) is 12.0 Å². The lowest BCUT2D eigenvalue weighted by Gasteiger charge is -2.19. The van der Waals surface area contributed by atoms with E-state index in [1.54, 1.807) is 19.9 Å². The van der Waals surface area contributed by atoms with Gasteiger partial charge in [-0.3, -0.25) is 4.79 Å². The minimum absolute atomic E-state index is 0.0770. The van der Waals surface area contributed by atoms with Gasteiger partial charge in [0.25, 0.3) is 5.91 Å². The second-order valence-corrected chi connectivity index (χ2v) is 8.37. The molecule has 28 heavy (non-hydrogen) atoms. The molecule has 0 fully saturated rings. The number of rotatable bonds is 9. The number of nitrogens with one attached hydrogen (secondary N) is 1. The van der Waals surface area contributed by atoms with Gasteiger partial charge in [0, 0.05) is 13.1 Å². The van der Waals surface area contributed by atoms with Crippen LogP contribution in [0.3, 0.4) is 0 Å². The van der Waals surface area contributed by atoms with Gasteiger partial charge in [0.2, 0.25) is 10.0 Å². The van der Waals surface area contributed by atoms with Crippen molar-refractivity contribution in [1.82, 2.24) is 4.31 Å². The number of anilines is 1. The molecule has 0 aliphatic rings. The molecule has 8 heteroatoms. The van der Waals surface area contributed by atoms with E-state index in [1.165, 1.54) is 22.5 Å². The van der Waals surface area contributed by atoms with Gasteiger partial charge in [-0.05, 0) is 36.2 Å². The van der Waals surface area contributed by atoms with Gasteiger partial charge in [0.05, 0.1) is 15.6 Å². The monoisotopic (exact) mass is 424 g/mol. The number of ether oxygens (including phenoxy) is 1. The zero-order chi connectivity index (χ0) is 20.7. The smallest absolute Gasteiger partial charge is 0.262 e. The molecule has 0 saturated heterocycles. The molecule has 1 amide bonds. The van der Waals surface area contributed by atoms with E-state index in [1.807, 2.05) is 25.1 Å². The molecule has 0 saturated carbocycles. The molecule has 2 aromatic carbocycles. The van der Waals surface area contributed by atoms with Crippen LogP contribution in [0.4, 0.5) is 5.69 Å². The highest BCUT2D eigenvalue weighted by molar-refractivity contribution is 7.89. The topological polar surface area (TPSA) is 75.7 Å². The van der Waals surface area contributed by atoms with Crippen LogP contribution in [0.15, 0.2) is 47.4 Å². The van der Waals surface area contributed by atoms with Crippen LogP contribution in [0, 0.1) is 0 Å². The number of halogens is 1. The number of aryl methyl sites for hydroxylation is 1. The zero-order valence-corrected chi connectivity index (χ0v) is 17.8. The average molecular weight is 425 g/mol. The van der Waals surface area contributed by atoms with Gasteiger partial charge in [0.1, 0.15) is 5.75 Å². The molecule has 2 aromatic rings. The van der Waals surface area contributed by atoms with Crippen molar-refractivity contribution in [3.8, 4) is 5.75 Å². The van der Waals surface area contributed by atoms with E-state index in [2.05, 4.69) is 5.32 Å². The summed E-state index contributed by atoms with van der Waals surface area (Å²) < 4.78 is 32.3. The molecule has 0 aliphatic carbocycles. The fraction of sp³-hybridized carbons (Fsp3) is 0.350. The van der Waals surface area contributed by atoms with Crippen LogP contribution >= 0.6 is 11.6 Å². The Hall–Kier alpha value is -2.09. The molecule has 1 N–H and O–H groups in total. The third kappa shape index (κ3) is 5.25. The van der Waals surface area contributed by atoms with Crippen LogP contribution in [0.25, 0.3) is 0 Å². The van der Waals surface area contributed by atoms with E-state index in [-0.39, 0.29) is 22.2 Å². The number of nitrogens with zero attached hydrogens (tertiary/aromatic N) is 1. The summed E-state index contributed by atoms with van der Waals surface area (Å²) in [5, 5.41) is 2.88. The number of para-hydroxylation sites is 1. The second kappa shape index (κ2) is 9.91. The molecule has 2 rings (SSSR count). The molecule has 0 spiro atoms. The summed E-state index contributed by atoms with van der Waals surface area (Å²) in [6.45, 7) is 6.04. The highest BCUT2D eigenvalue weighted by Gasteiger charge is 2.22. The van der Waals surface area contributed by atoms with Gasteiger partial charge in [-0.15, -0.1) is 0 Å². The first-order chi connectivity index (χ1) is 13.3. The minimum atomic E-state index is -3.65. The standard InChI is InChI=1S/C20H25ClN2O4S/c1-4-15-9-7-8-10-19(15)27-14-20(24)22-18-13-16(11-12-17(18)21)28(25,26)23(5-2)6-3/h7-13H,4-6,14H2,1-3H3,(H,22,24). The van der Waals surface area contributed by atoms with Gasteiger partial charge in [0.15, 0.2) is 6.61 Å². The fourth-order valence-corrected chi connectivity index (χ4v) is 4.39. The third-order valence-electron chi connectivity index (χ3n) is 4.27. The number of amides is 1. The summed E-state index contributed by atoms with van der Waals surface area (Å²) in [6, 6.07) is 11.7. The molecule has 0 atom stereocenters. The highest BCUT2D eigenvalue weighted by atomic mass is 35.5. The normalized spacial score (nSPS) is 11.5. The van der Waals surface area contributed by atoms with Crippen LogP contribution in [0.5, 0.6) is 5.75 Å². The van der Waals surface area contributed by atoms with Crippen molar-refractivity contribution in [3.05, 3.63) is 53.1 Å². The van der Waals surface area contributed by atoms with Crippen molar-refractivity contribution in [3.63, 3.8) is 0 Å². The Morgan fingerprint density at radius 1 is 1.11 bits per heavy atom. The number of benzene rings is 2. The molecule has 0 aromatic heterocycles. The maximum absolute atomic E-state index is 12.7. The molecule has 152 valence electrons. The van der Waals surface area contributed by atoms with E-state index in [9.17, 15) is 13.2 Å². The molecule has 0 unspecified atom stereocenters. The first-order valence-corrected chi connectivity index (χ1v) is 11.0. The van der Waals surface area contributed by atoms with Gasteiger partial charge in [-0.1, -0.05) is 50.6 Å². The van der Waals surface area contributed by atoms with E-state index < -0.39 is 15.9 Å². The van der Waals surface area contributed by atoms with Gasteiger partial charge < -0.3 is 10.1 Å². The first-order valence-electron chi connectivity index (χ1n) is 9.13. The SMILES string of the molecule is CCc1ccccc1OCC(=O)Nc1cc(S(=O)(=O)N(CC)CC)ccc1Cl. The van der Waals surface area contributed by atoms with E-state index in [0.29, 0.717) is 18.8 Å². The molecule has 0 radical (unpaired) electrons. The molecule has 0 heterocycles. The lowest BCUT2D eigenvalue weighted by atomic mass is 10.1. The Labute approximate surface area is 171 Å². The lowest BCUT2D eigenvalue weighted by Crippen LogP contribution is -2.30. The first kappa shape index (κ1) is 22.2. The fourth-order valence-electron chi connectivity index (χ4n) is 2.74. The van der Waals surface area contributed by atoms with Crippen LogP contribution < -0.4 is 10.1 Å². The number of carbonyl (C=O) groups excluding carboxylic acids is 1. The third-order valence-corrected chi connectivity index (χ3v) is 6.64. The summed E-state index contributed by atoms with van der Waals surface area (Å²) in [7, 11) is -3.65. The maximum atomic E-state index is 12.7. The Bertz CT molecular complexity index is 928. The predicted octanol–water partition coefficient (Wildman–Crippen LogP) is 3.95. The number of sulfonamides is 1. The van der Waals surface area contributed by atoms with E-state index in [4.69, 9.17) is 16.3 Å². The maximum Gasteiger partial charge on any atom is 0.262 e. The van der Waals surface area contributed by atoms with Gasteiger partial charge in [-0.2, -0.15) is 4.31 Å². The van der Waals surface area contributed by atoms with Crippen molar-refractivity contribution in [1.29, 1.82) is 0 Å². The molecule has 6 nitrogen and oxygen atoms in total. The lowest BCUT2D eigenvalue weighted by molar-refractivity contribution is -0.118. The number of hydrogen-bond acceptors (Lipinski definition) is 4. The summed E-state index contributed by atoms with van der Waals surface area (Å²) in [5.41, 5.74) is 1.23. The van der Waals surface area contributed by atoms with Gasteiger partial charge in [-0.25, -0.2) is 8.42 Å². The molecule has 0 aliphatic heterocycles. The van der Waals surface area contributed by atoms with Crippen molar-refractivity contribution in [2.24, 2.45) is 0 Å². The largest absolute Gasteiger partial charge is 0.483 e. The van der Waals surface area contributed by atoms with Crippen molar-refractivity contribution < 1.29 is 17.9 Å². The van der Waals surface area contributed by atoms with Crippen LogP contribution in [0.2, 0.25) is 5.02 Å². The number of hydrogen-bond donors (Lipinski definition) is 1. The Kier molecular flexibility index (Phi) is 7.86. The van der Waals surface area contributed by atoms with E-state index >= 15 is 0 Å². The van der Waals surface area contributed by atoms with Crippen LogP contribution in [-0.4, -0.2) is 38.3 Å². The van der Waals surface area contributed by atoms with Crippen molar-refractivity contribution in [2.45, 2.75) is 32.1 Å². The molecular weight excluding hydrogens is 400 g/mol. The summed E-state index contributed by atoms with van der Waals surface area (Å²) in [6.07, 6.45) is 0.787. The van der Waals surface area contributed by atoms with Crippen molar-refractivity contribution >= 4 is 33.2 Å². The average Bonchev–Trinajstić information content (AvgIpc) is 2.68. The molecule has 0 bridgehead atoms. The van der Waals surface area contributed by atoms with Crippen LogP contribution in [0.1, 0.15) is 26.3 Å². The summed E-state index contributed by atoms with van der Waals surface area (Å²) in [4.78, 5) is 12.4. The second-order valence-electron chi connectivity index (χ2n) is 6.03. The van der Waals surface area contributed by atoms with Crippen LogP contribution in [-0.2, 0) is 21.2 Å². The Morgan fingerprint density at radius 3 is 2.43 bits per heavy atom. The summed E-state index contributed by atoms with van der Waals surface area (Å²) >= 11 is 6.14. The highest BCUT2D eigenvalue weighted by Crippen LogP contribution is 2.27. The number of carbonyl (C=O) groups is 1. The minimum Gasteiger partial charge on any atom is -0.483 e. The Morgan fingerprint density at radius 2 is 1.79 bits per heavy atom. The quantitative estimate of drug-likeness (QED) is 0.661. The predicted molar refractivity (Wildman–Crippen MR) is 112 cm³/mol.